The molecule has 0 amide bonds. The molecule has 26 heavy (non-hydrogen) atoms. The first-order valence-electron chi connectivity index (χ1n) is 11.4. The number of hydrogen-bond acceptors (Lipinski definition) is 2. The molecule has 0 aromatic heterocycles. The summed E-state index contributed by atoms with van der Waals surface area (Å²) < 4.78 is 22.9. The van der Waals surface area contributed by atoms with Crippen molar-refractivity contribution >= 4 is 0 Å². The van der Waals surface area contributed by atoms with Crippen molar-refractivity contribution in [2.24, 2.45) is 0 Å². The van der Waals surface area contributed by atoms with Gasteiger partial charge in [-0.15, -0.1) is 0 Å². The Balaban J connectivity index is 2.95. The lowest BCUT2D eigenvalue weighted by Crippen LogP contribution is -1.86. The fraction of sp³-hybridized carbons (Fsp3) is 1.00. The van der Waals surface area contributed by atoms with E-state index >= 15 is 0 Å². The van der Waals surface area contributed by atoms with Crippen LogP contribution in [0.5, 0.6) is 0 Å². The van der Waals surface area contributed by atoms with Crippen LogP contribution < -0.4 is 0 Å². The van der Waals surface area contributed by atoms with Gasteiger partial charge in [0, 0.05) is 0 Å². The molecule has 0 saturated heterocycles. The minimum absolute atomic E-state index is 0.263. The molecule has 0 aliphatic carbocycles. The van der Waals surface area contributed by atoms with Crippen molar-refractivity contribution in [2.75, 3.05) is 13.2 Å². The number of unbranched alkanes of at least 4 members (excludes halogenated alkanes) is 19. The second kappa shape index (κ2) is 24.8. The molecule has 158 valence electrons. The number of hydrogen-bond donors (Lipinski definition) is 0. The summed E-state index contributed by atoms with van der Waals surface area (Å²) in [6, 6.07) is 0. The van der Waals surface area contributed by atoms with E-state index in [9.17, 15) is 9.05 Å². The zero-order valence-electron chi connectivity index (χ0n) is 17.1. The zero-order chi connectivity index (χ0) is 19.0. The van der Waals surface area contributed by atoms with Crippen molar-refractivity contribution in [2.45, 2.75) is 128 Å². The van der Waals surface area contributed by atoms with E-state index in [-0.39, 0.29) is 13.2 Å². The molecule has 0 fully saturated rings. The van der Waals surface area contributed by atoms with Crippen LogP contribution >= 0.6 is 0 Å². The molecule has 0 rings (SSSR count). The van der Waals surface area contributed by atoms with Gasteiger partial charge < -0.3 is 0 Å². The SMILES string of the molecule is FOCCCCCCCCCCCCCCCCCCCCCCOF. The van der Waals surface area contributed by atoms with E-state index in [0.717, 1.165) is 25.7 Å². The zero-order valence-corrected chi connectivity index (χ0v) is 17.1. The van der Waals surface area contributed by atoms with E-state index in [2.05, 4.69) is 9.88 Å². The van der Waals surface area contributed by atoms with E-state index in [1.165, 1.54) is 103 Å². The molecule has 2 nitrogen and oxygen atoms in total. The molecule has 0 radical (unpaired) electrons. The normalized spacial score (nSPS) is 11.3. The van der Waals surface area contributed by atoms with Gasteiger partial charge in [-0.1, -0.05) is 116 Å². The second-order valence-corrected chi connectivity index (χ2v) is 7.70. The van der Waals surface area contributed by atoms with Crippen molar-refractivity contribution in [1.29, 1.82) is 0 Å². The maximum atomic E-state index is 11.4. The molecule has 0 spiro atoms. The molecule has 0 aromatic carbocycles. The maximum absolute atomic E-state index is 11.4. The predicted molar refractivity (Wildman–Crippen MR) is 106 cm³/mol. The molecule has 0 bridgehead atoms. The fourth-order valence-corrected chi connectivity index (χ4v) is 3.50. The Morgan fingerprint density at radius 1 is 0.269 bits per heavy atom. The molecule has 0 unspecified atom stereocenters. The van der Waals surface area contributed by atoms with Crippen molar-refractivity contribution in [3.05, 3.63) is 0 Å². The van der Waals surface area contributed by atoms with E-state index in [4.69, 9.17) is 0 Å². The molecule has 0 atom stereocenters. The van der Waals surface area contributed by atoms with Gasteiger partial charge in [0.05, 0.1) is 13.2 Å². The third kappa shape index (κ3) is 23.8. The van der Waals surface area contributed by atoms with Gasteiger partial charge in [-0.05, 0) is 21.9 Å². The monoisotopic (exact) mass is 378 g/mol. The predicted octanol–water partition coefficient (Wildman–Crippen LogP) is 8.59. The lowest BCUT2D eigenvalue weighted by atomic mass is 10.0. The van der Waals surface area contributed by atoms with E-state index in [1.54, 1.807) is 0 Å². The summed E-state index contributed by atoms with van der Waals surface area (Å²) in [6.45, 7) is 0.525. The first-order valence-corrected chi connectivity index (χ1v) is 11.4. The summed E-state index contributed by atoms with van der Waals surface area (Å²) in [5.41, 5.74) is 0. The van der Waals surface area contributed by atoms with Gasteiger partial charge in [-0.2, -0.15) is 9.88 Å². The molecule has 0 N–H and O–H groups in total. The van der Waals surface area contributed by atoms with Gasteiger partial charge in [-0.3, -0.25) is 0 Å². The van der Waals surface area contributed by atoms with Crippen LogP contribution in [-0.4, -0.2) is 13.2 Å². The summed E-state index contributed by atoms with van der Waals surface area (Å²) in [6.07, 6.45) is 25.5. The Bertz CT molecular complexity index is 216. The van der Waals surface area contributed by atoms with Crippen molar-refractivity contribution in [3.63, 3.8) is 0 Å². The van der Waals surface area contributed by atoms with Crippen molar-refractivity contribution in [3.8, 4) is 0 Å². The molecule has 0 aromatic rings. The summed E-state index contributed by atoms with van der Waals surface area (Å²) in [7, 11) is 0. The molecule has 0 saturated carbocycles. The van der Waals surface area contributed by atoms with Crippen LogP contribution in [0.1, 0.15) is 128 Å². The second-order valence-electron chi connectivity index (χ2n) is 7.70. The standard InChI is InChI=1S/C22H44F2O2/c23-25-21-19-17-15-13-11-9-7-5-3-1-2-4-6-8-10-12-14-16-18-20-22-26-24/h1-22H2. The quantitative estimate of drug-likeness (QED) is 0.166. The van der Waals surface area contributed by atoms with Crippen LogP contribution in [0.3, 0.4) is 0 Å². The number of rotatable bonds is 23. The topological polar surface area (TPSA) is 18.5 Å². The lowest BCUT2D eigenvalue weighted by Gasteiger charge is -2.04. The van der Waals surface area contributed by atoms with Crippen LogP contribution in [0.4, 0.5) is 9.05 Å². The van der Waals surface area contributed by atoms with Gasteiger partial charge in [0.1, 0.15) is 0 Å². The van der Waals surface area contributed by atoms with Gasteiger partial charge in [-0.25, -0.2) is 0 Å². The Morgan fingerprint density at radius 2 is 0.423 bits per heavy atom. The largest absolute Gasteiger partial charge is 0.194 e. The number of halogens is 2. The van der Waals surface area contributed by atoms with Crippen LogP contribution in [0.25, 0.3) is 0 Å². The average molecular weight is 379 g/mol. The highest BCUT2D eigenvalue weighted by Crippen LogP contribution is 2.14. The molecular weight excluding hydrogens is 334 g/mol. The van der Waals surface area contributed by atoms with Gasteiger partial charge in [0.2, 0.25) is 0 Å². The van der Waals surface area contributed by atoms with Gasteiger partial charge in [0.15, 0.2) is 0 Å². The molecule has 0 aliphatic rings. The van der Waals surface area contributed by atoms with E-state index in [0.29, 0.717) is 0 Å². The average Bonchev–Trinajstić information content (AvgIpc) is 2.66. The molecule has 0 heterocycles. The van der Waals surface area contributed by atoms with Gasteiger partial charge in [0.25, 0.3) is 0 Å². The summed E-state index contributed by atoms with van der Waals surface area (Å²) in [5, 5.41) is 0. The highest BCUT2D eigenvalue weighted by molar-refractivity contribution is 4.51. The first-order chi connectivity index (χ1) is 12.9. The summed E-state index contributed by atoms with van der Waals surface area (Å²) >= 11 is 0. The van der Waals surface area contributed by atoms with Crippen molar-refractivity contribution in [1.82, 2.24) is 0 Å². The Hall–Kier alpha value is -0.220. The Kier molecular flexibility index (Phi) is 24.6. The third-order valence-corrected chi connectivity index (χ3v) is 5.19. The Labute approximate surface area is 161 Å². The fourth-order valence-electron chi connectivity index (χ4n) is 3.50. The minimum atomic E-state index is 0.263. The molecular formula is C22H44F2O2. The lowest BCUT2D eigenvalue weighted by molar-refractivity contribution is -0.133. The minimum Gasteiger partial charge on any atom is -0.194 e. The first kappa shape index (κ1) is 25.8. The molecule has 0 aliphatic heterocycles. The van der Waals surface area contributed by atoms with Crippen molar-refractivity contribution < 1.29 is 18.9 Å². The molecule has 4 heteroatoms. The smallest absolute Gasteiger partial charge is 0.0876 e. The van der Waals surface area contributed by atoms with E-state index in [1.807, 2.05) is 0 Å². The maximum Gasteiger partial charge on any atom is 0.0876 e. The highest BCUT2D eigenvalue weighted by atomic mass is 19.3. The van der Waals surface area contributed by atoms with Crippen LogP contribution in [0.15, 0.2) is 0 Å². The summed E-state index contributed by atoms with van der Waals surface area (Å²) in [4.78, 5) is 7.15. The summed E-state index contributed by atoms with van der Waals surface area (Å²) in [5.74, 6) is 0. The van der Waals surface area contributed by atoms with Crippen LogP contribution in [0.2, 0.25) is 0 Å². The Morgan fingerprint density at radius 3 is 0.577 bits per heavy atom. The van der Waals surface area contributed by atoms with Crippen LogP contribution in [-0.2, 0) is 9.88 Å². The van der Waals surface area contributed by atoms with Gasteiger partial charge >= 0.3 is 0 Å². The third-order valence-electron chi connectivity index (χ3n) is 5.19. The highest BCUT2D eigenvalue weighted by Gasteiger charge is 1.96. The van der Waals surface area contributed by atoms with Crippen LogP contribution in [0, 0.1) is 0 Å². The van der Waals surface area contributed by atoms with E-state index < -0.39 is 0 Å².